The number of hydrogen-bond acceptors (Lipinski definition) is 5. The number of ether oxygens (including phenoxy) is 2. The summed E-state index contributed by atoms with van der Waals surface area (Å²) in [5.41, 5.74) is 0.150. The first-order valence-corrected chi connectivity index (χ1v) is 7.63. The van der Waals surface area contributed by atoms with E-state index < -0.39 is 22.0 Å². The highest BCUT2D eigenvalue weighted by molar-refractivity contribution is 7.89. The number of nitrogens with two attached hydrogens (primary N) is 1. The molecule has 1 heterocycles. The molecule has 1 fully saturated rings. The molecule has 1 aliphatic heterocycles. The lowest BCUT2D eigenvalue weighted by atomic mass is 10.2. The molecule has 0 aliphatic carbocycles. The fourth-order valence-corrected chi connectivity index (χ4v) is 2.33. The molecule has 1 aliphatic rings. The van der Waals surface area contributed by atoms with Gasteiger partial charge in [0.05, 0.1) is 35.4 Å². The van der Waals surface area contributed by atoms with Crippen molar-refractivity contribution in [3.8, 4) is 0 Å². The molecule has 1 aromatic rings. The molecule has 3 N–H and O–H groups in total. The molecular formula is C11H13ClN2O5S. The molecule has 1 saturated heterocycles. The van der Waals surface area contributed by atoms with Crippen molar-refractivity contribution in [2.24, 2.45) is 5.14 Å². The molecule has 9 heteroatoms. The summed E-state index contributed by atoms with van der Waals surface area (Å²) < 4.78 is 32.9. The molecule has 0 radical (unpaired) electrons. The van der Waals surface area contributed by atoms with Gasteiger partial charge in [0.25, 0.3) is 5.91 Å². The van der Waals surface area contributed by atoms with Crippen LogP contribution in [0.25, 0.3) is 0 Å². The molecular weight excluding hydrogens is 308 g/mol. The van der Waals surface area contributed by atoms with Crippen LogP contribution in [0.15, 0.2) is 23.1 Å². The molecule has 0 bridgehead atoms. The predicted octanol–water partition coefficient (Wildman–Crippen LogP) is 0.341. The smallest absolute Gasteiger partial charge is 0.255 e. The van der Waals surface area contributed by atoms with Crippen LogP contribution in [-0.4, -0.2) is 40.2 Å². The van der Waals surface area contributed by atoms with Gasteiger partial charge in [-0.05, 0) is 18.2 Å². The van der Waals surface area contributed by atoms with Gasteiger partial charge in [-0.15, -0.1) is 0 Å². The quantitative estimate of drug-likeness (QED) is 0.835. The zero-order valence-electron chi connectivity index (χ0n) is 10.3. The van der Waals surface area contributed by atoms with E-state index in [1.165, 1.54) is 18.2 Å². The molecule has 110 valence electrons. The van der Waals surface area contributed by atoms with Crippen LogP contribution in [0.1, 0.15) is 0 Å². The second-order valence-corrected chi connectivity index (χ2v) is 6.08. The van der Waals surface area contributed by atoms with Crippen molar-refractivity contribution in [2.45, 2.75) is 11.0 Å². The number of benzene rings is 1. The zero-order valence-corrected chi connectivity index (χ0v) is 11.9. The number of rotatable bonds is 3. The van der Waals surface area contributed by atoms with Crippen molar-refractivity contribution in [1.29, 1.82) is 0 Å². The van der Waals surface area contributed by atoms with Crippen molar-refractivity contribution in [3.05, 3.63) is 23.2 Å². The Morgan fingerprint density at radius 2 is 2.15 bits per heavy atom. The monoisotopic (exact) mass is 320 g/mol. The Morgan fingerprint density at radius 1 is 1.40 bits per heavy atom. The first-order chi connectivity index (χ1) is 9.38. The maximum atomic E-state index is 11.9. The number of carbonyl (C=O) groups excluding carboxylic acids is 1. The maximum absolute atomic E-state index is 11.9. The SMILES string of the molecule is NS(=O)(=O)c1ccc(Cl)c(NC(=O)C2COCCO2)c1. The van der Waals surface area contributed by atoms with Crippen LogP contribution >= 0.6 is 11.6 Å². The lowest BCUT2D eigenvalue weighted by molar-refractivity contribution is -0.142. The van der Waals surface area contributed by atoms with Gasteiger partial charge in [0.1, 0.15) is 0 Å². The minimum Gasteiger partial charge on any atom is -0.376 e. The average Bonchev–Trinajstić information content (AvgIpc) is 2.41. The average molecular weight is 321 g/mol. The van der Waals surface area contributed by atoms with E-state index in [4.69, 9.17) is 26.2 Å². The molecule has 20 heavy (non-hydrogen) atoms. The van der Waals surface area contributed by atoms with E-state index in [0.29, 0.717) is 13.2 Å². The van der Waals surface area contributed by atoms with Gasteiger partial charge in [-0.1, -0.05) is 11.6 Å². The Labute approximate surface area is 121 Å². The third-order valence-electron chi connectivity index (χ3n) is 2.63. The van der Waals surface area contributed by atoms with Gasteiger partial charge < -0.3 is 14.8 Å². The number of primary sulfonamides is 1. The van der Waals surface area contributed by atoms with E-state index >= 15 is 0 Å². The summed E-state index contributed by atoms with van der Waals surface area (Å²) in [6, 6.07) is 3.79. The van der Waals surface area contributed by atoms with Gasteiger partial charge >= 0.3 is 0 Å². The van der Waals surface area contributed by atoms with Gasteiger partial charge in [0, 0.05) is 0 Å². The number of nitrogens with one attached hydrogen (secondary N) is 1. The van der Waals surface area contributed by atoms with E-state index in [1.807, 2.05) is 0 Å². The van der Waals surface area contributed by atoms with Crippen LogP contribution in [0.4, 0.5) is 5.69 Å². The summed E-state index contributed by atoms with van der Waals surface area (Å²) in [5.74, 6) is -0.460. The number of sulfonamides is 1. The van der Waals surface area contributed by atoms with Crippen molar-refractivity contribution >= 4 is 33.2 Å². The van der Waals surface area contributed by atoms with Crippen LogP contribution in [-0.2, 0) is 24.3 Å². The fourth-order valence-electron chi connectivity index (χ4n) is 1.63. The maximum Gasteiger partial charge on any atom is 0.255 e. The predicted molar refractivity (Wildman–Crippen MR) is 72.0 cm³/mol. The minimum absolute atomic E-state index is 0.137. The zero-order chi connectivity index (χ0) is 14.8. The standard InChI is InChI=1S/C11H13ClN2O5S/c12-8-2-1-7(20(13,16)17)5-9(8)14-11(15)10-6-18-3-4-19-10/h1-2,5,10H,3-4,6H2,(H,14,15)(H2,13,16,17). The minimum atomic E-state index is -3.87. The molecule has 1 aromatic carbocycles. The van der Waals surface area contributed by atoms with E-state index in [2.05, 4.69) is 5.32 Å². The van der Waals surface area contributed by atoms with E-state index in [1.54, 1.807) is 0 Å². The van der Waals surface area contributed by atoms with Gasteiger partial charge in [-0.25, -0.2) is 13.6 Å². The van der Waals surface area contributed by atoms with Gasteiger partial charge in [0.2, 0.25) is 10.0 Å². The normalized spacial score (nSPS) is 19.6. The number of amides is 1. The van der Waals surface area contributed by atoms with Gasteiger partial charge in [0.15, 0.2) is 6.10 Å². The summed E-state index contributed by atoms with van der Waals surface area (Å²) in [7, 11) is -3.87. The summed E-state index contributed by atoms with van der Waals surface area (Å²) in [6.45, 7) is 0.896. The fraction of sp³-hybridized carbons (Fsp3) is 0.364. The van der Waals surface area contributed by atoms with E-state index in [0.717, 1.165) is 0 Å². The highest BCUT2D eigenvalue weighted by atomic mass is 35.5. The lowest BCUT2D eigenvalue weighted by Gasteiger charge is -2.22. The number of hydrogen-bond donors (Lipinski definition) is 2. The molecule has 2 rings (SSSR count). The Kier molecular flexibility index (Phi) is 4.61. The van der Waals surface area contributed by atoms with Crippen LogP contribution in [0.3, 0.4) is 0 Å². The summed E-state index contributed by atoms with van der Waals surface area (Å²) in [4.78, 5) is 11.8. The Morgan fingerprint density at radius 3 is 2.75 bits per heavy atom. The van der Waals surface area contributed by atoms with Gasteiger partial charge in [-0.2, -0.15) is 0 Å². The van der Waals surface area contributed by atoms with Crippen LogP contribution in [0, 0.1) is 0 Å². The molecule has 0 saturated carbocycles. The molecule has 7 nitrogen and oxygen atoms in total. The summed E-state index contributed by atoms with van der Waals surface area (Å²) >= 11 is 5.91. The first-order valence-electron chi connectivity index (χ1n) is 5.70. The lowest BCUT2D eigenvalue weighted by Crippen LogP contribution is -2.39. The third-order valence-corrected chi connectivity index (χ3v) is 3.87. The molecule has 0 spiro atoms. The van der Waals surface area contributed by atoms with Crippen molar-refractivity contribution < 1.29 is 22.7 Å². The van der Waals surface area contributed by atoms with Crippen molar-refractivity contribution in [2.75, 3.05) is 25.1 Å². The van der Waals surface area contributed by atoms with Crippen molar-refractivity contribution in [1.82, 2.24) is 0 Å². The first kappa shape index (κ1) is 15.2. The Hall–Kier alpha value is -1.19. The highest BCUT2D eigenvalue weighted by Crippen LogP contribution is 2.25. The molecule has 1 atom stereocenters. The molecule has 1 amide bonds. The number of halogens is 1. The number of anilines is 1. The topological polar surface area (TPSA) is 108 Å². The molecule has 1 unspecified atom stereocenters. The summed E-state index contributed by atoms with van der Waals surface area (Å²) in [6.07, 6.45) is -0.752. The van der Waals surface area contributed by atoms with Crippen LogP contribution < -0.4 is 10.5 Å². The van der Waals surface area contributed by atoms with E-state index in [-0.39, 0.29) is 22.2 Å². The van der Waals surface area contributed by atoms with Crippen LogP contribution in [0.5, 0.6) is 0 Å². The van der Waals surface area contributed by atoms with Crippen LogP contribution in [0.2, 0.25) is 5.02 Å². The summed E-state index contributed by atoms with van der Waals surface area (Å²) in [5, 5.41) is 7.71. The second kappa shape index (κ2) is 6.06. The van der Waals surface area contributed by atoms with E-state index in [9.17, 15) is 13.2 Å². The number of carbonyl (C=O) groups is 1. The van der Waals surface area contributed by atoms with Gasteiger partial charge in [-0.3, -0.25) is 4.79 Å². The Bertz CT molecular complexity index is 613. The second-order valence-electron chi connectivity index (χ2n) is 4.11. The highest BCUT2D eigenvalue weighted by Gasteiger charge is 2.23. The molecule has 0 aromatic heterocycles. The third kappa shape index (κ3) is 3.68. The van der Waals surface area contributed by atoms with Crippen molar-refractivity contribution in [3.63, 3.8) is 0 Å². The largest absolute Gasteiger partial charge is 0.376 e. The Balaban J connectivity index is 2.18.